The van der Waals surface area contributed by atoms with Gasteiger partial charge in [-0.05, 0) is 125 Å². The van der Waals surface area contributed by atoms with Crippen LogP contribution in [0.25, 0.3) is 121 Å². The molecule has 0 atom stereocenters. The highest BCUT2D eigenvalue weighted by Crippen LogP contribution is 2.51. The highest BCUT2D eigenvalue weighted by atomic mass is 14.8. The van der Waals surface area contributed by atoms with Gasteiger partial charge in [-0.15, -0.1) is 0 Å². The summed E-state index contributed by atoms with van der Waals surface area (Å²) in [5.41, 5.74) is 18.5. The van der Waals surface area contributed by atoms with Gasteiger partial charge in [-0.2, -0.15) is 0 Å². The van der Waals surface area contributed by atoms with Crippen molar-refractivity contribution in [2.45, 2.75) is 19.3 Å². The summed E-state index contributed by atoms with van der Waals surface area (Å²) in [6.45, 7) is 4.75. The Balaban J connectivity index is 0.842. The number of hydrogen-bond acceptors (Lipinski definition) is 4. The lowest BCUT2D eigenvalue weighted by molar-refractivity contribution is 0.661. The summed E-state index contributed by atoms with van der Waals surface area (Å²) in [7, 11) is 0. The van der Waals surface area contributed by atoms with Gasteiger partial charge < -0.3 is 0 Å². The molecule has 4 heteroatoms. The van der Waals surface area contributed by atoms with Crippen LogP contribution in [0.2, 0.25) is 0 Å². The molecule has 0 saturated carbocycles. The van der Waals surface area contributed by atoms with Crippen LogP contribution in [-0.2, 0) is 5.41 Å². The molecule has 2 aromatic heterocycles. The predicted octanol–water partition coefficient (Wildman–Crippen LogP) is 15.2. The zero-order valence-electron chi connectivity index (χ0n) is 34.8. The number of nitrogens with zero attached hydrogens (tertiary/aromatic N) is 4. The van der Waals surface area contributed by atoms with Crippen LogP contribution in [-0.4, -0.2) is 19.9 Å². The fourth-order valence-electron chi connectivity index (χ4n) is 10.5. The van der Waals surface area contributed by atoms with Gasteiger partial charge in [0.25, 0.3) is 0 Å². The van der Waals surface area contributed by atoms with Crippen LogP contribution >= 0.6 is 0 Å². The molecule has 0 saturated heterocycles. The average molecular weight is 803 g/mol. The van der Waals surface area contributed by atoms with Crippen LogP contribution < -0.4 is 0 Å². The Labute approximate surface area is 364 Å². The Morgan fingerprint density at radius 2 is 0.587 bits per heavy atom. The molecule has 13 rings (SSSR count). The van der Waals surface area contributed by atoms with Crippen LogP contribution in [0, 0.1) is 0 Å². The normalized spacial score (nSPS) is 13.0. The Bertz CT molecular complexity index is 3580. The van der Waals surface area contributed by atoms with Crippen molar-refractivity contribution in [3.8, 4) is 55.6 Å². The molecule has 0 bridgehead atoms. The van der Waals surface area contributed by atoms with Crippen LogP contribution in [0.3, 0.4) is 0 Å². The minimum absolute atomic E-state index is 0.179. The standard InChI is InChI=1S/C59H38N4/c1-59(2)53-33-41(37-11-7-9-35(29-37)39-19-23-49-51(31-39)43-13-3-5-15-47(43)55-57(49)62-27-25-60-55)17-21-45(53)46-22-18-42(34-54(46)59)38-12-8-10-36(30-38)40-20-24-50-52(32-40)44-14-4-6-16-48(44)56-58(50)63-28-26-61-56/h3-34H,1-2H3. The zero-order chi connectivity index (χ0) is 41.8. The van der Waals surface area contributed by atoms with E-state index in [1.807, 2.05) is 0 Å². The Hall–Kier alpha value is -8.08. The zero-order valence-corrected chi connectivity index (χ0v) is 34.8. The summed E-state index contributed by atoms with van der Waals surface area (Å²) >= 11 is 0. The predicted molar refractivity (Wildman–Crippen MR) is 262 cm³/mol. The molecule has 0 radical (unpaired) electrons. The maximum Gasteiger partial charge on any atom is 0.0971 e. The molecular formula is C59H38N4. The molecule has 0 unspecified atom stereocenters. The summed E-state index contributed by atoms with van der Waals surface area (Å²) < 4.78 is 0. The molecule has 12 aromatic rings. The van der Waals surface area contributed by atoms with Gasteiger partial charge in [-0.1, -0.05) is 147 Å². The third kappa shape index (κ3) is 5.41. The van der Waals surface area contributed by atoms with Gasteiger partial charge in [-0.25, -0.2) is 0 Å². The first-order valence-corrected chi connectivity index (χ1v) is 21.6. The topological polar surface area (TPSA) is 51.6 Å². The molecule has 4 nitrogen and oxygen atoms in total. The van der Waals surface area contributed by atoms with Crippen molar-refractivity contribution in [1.29, 1.82) is 0 Å². The lowest BCUT2D eigenvalue weighted by atomic mass is 9.80. The monoisotopic (exact) mass is 802 g/mol. The number of rotatable bonds is 4. The van der Waals surface area contributed by atoms with Crippen molar-refractivity contribution in [3.63, 3.8) is 0 Å². The Morgan fingerprint density at radius 1 is 0.270 bits per heavy atom. The summed E-state index contributed by atoms with van der Waals surface area (Å²) in [4.78, 5) is 19.0. The summed E-state index contributed by atoms with van der Waals surface area (Å²) in [6, 6.07) is 62.6. The maximum atomic E-state index is 4.76. The second kappa shape index (κ2) is 13.5. The summed E-state index contributed by atoms with van der Waals surface area (Å²) in [5.74, 6) is 0. The van der Waals surface area contributed by atoms with E-state index in [0.29, 0.717) is 0 Å². The first kappa shape index (κ1) is 35.7. The quantitative estimate of drug-likeness (QED) is 0.166. The van der Waals surface area contributed by atoms with E-state index >= 15 is 0 Å². The number of aromatic nitrogens is 4. The number of fused-ring (bicyclic) bond motifs is 15. The average Bonchev–Trinajstić information content (AvgIpc) is 3.58. The summed E-state index contributed by atoms with van der Waals surface area (Å²) in [5, 5.41) is 9.27. The van der Waals surface area contributed by atoms with E-state index in [-0.39, 0.29) is 5.41 Å². The first-order valence-electron chi connectivity index (χ1n) is 21.6. The molecule has 0 aliphatic heterocycles. The molecule has 294 valence electrons. The molecule has 0 amide bonds. The van der Waals surface area contributed by atoms with Gasteiger partial charge in [0.05, 0.1) is 22.1 Å². The van der Waals surface area contributed by atoms with Crippen molar-refractivity contribution >= 4 is 65.2 Å². The van der Waals surface area contributed by atoms with Crippen molar-refractivity contribution < 1.29 is 0 Å². The van der Waals surface area contributed by atoms with E-state index in [2.05, 4.69) is 184 Å². The van der Waals surface area contributed by atoms with E-state index in [0.717, 1.165) is 43.6 Å². The second-order valence-corrected chi connectivity index (χ2v) is 17.4. The molecule has 2 heterocycles. The Kier molecular flexibility index (Phi) is 7.62. The summed E-state index contributed by atoms with van der Waals surface area (Å²) in [6.07, 6.45) is 7.13. The van der Waals surface area contributed by atoms with Gasteiger partial charge >= 0.3 is 0 Å². The van der Waals surface area contributed by atoms with Crippen molar-refractivity contribution in [2.24, 2.45) is 0 Å². The molecular weight excluding hydrogens is 765 g/mol. The lowest BCUT2D eigenvalue weighted by Gasteiger charge is -2.23. The molecule has 0 N–H and O–H groups in total. The fourth-order valence-corrected chi connectivity index (χ4v) is 10.5. The van der Waals surface area contributed by atoms with Crippen LogP contribution in [0.1, 0.15) is 25.0 Å². The third-order valence-corrected chi connectivity index (χ3v) is 13.6. The van der Waals surface area contributed by atoms with Gasteiger partial charge in [0.1, 0.15) is 0 Å². The smallest absolute Gasteiger partial charge is 0.0971 e. The molecule has 0 spiro atoms. The van der Waals surface area contributed by atoms with Gasteiger partial charge in [0.2, 0.25) is 0 Å². The highest BCUT2D eigenvalue weighted by molar-refractivity contribution is 6.24. The molecule has 1 aliphatic carbocycles. The van der Waals surface area contributed by atoms with Crippen molar-refractivity contribution in [3.05, 3.63) is 206 Å². The van der Waals surface area contributed by atoms with E-state index in [9.17, 15) is 0 Å². The van der Waals surface area contributed by atoms with E-state index in [1.165, 1.54) is 88.3 Å². The maximum absolute atomic E-state index is 4.76. The minimum atomic E-state index is -0.179. The third-order valence-electron chi connectivity index (χ3n) is 13.6. The number of hydrogen-bond donors (Lipinski definition) is 0. The minimum Gasteiger partial charge on any atom is -0.252 e. The first-order chi connectivity index (χ1) is 31.0. The highest BCUT2D eigenvalue weighted by Gasteiger charge is 2.36. The van der Waals surface area contributed by atoms with Crippen LogP contribution in [0.4, 0.5) is 0 Å². The van der Waals surface area contributed by atoms with Crippen LogP contribution in [0.5, 0.6) is 0 Å². The van der Waals surface area contributed by atoms with E-state index < -0.39 is 0 Å². The molecule has 63 heavy (non-hydrogen) atoms. The number of benzene rings is 10. The Morgan fingerprint density at radius 3 is 0.984 bits per heavy atom. The van der Waals surface area contributed by atoms with E-state index in [1.54, 1.807) is 24.8 Å². The SMILES string of the molecule is CC1(C)c2cc(-c3cccc(-c4ccc5c(c4)c4ccccc4c4nccnc54)c3)ccc2-c2ccc(-c3cccc(-c4ccc5c(c4)c4ccccc4c4nccnc54)c3)cc21. The van der Waals surface area contributed by atoms with Gasteiger partial charge in [-0.3, -0.25) is 19.9 Å². The molecule has 10 aromatic carbocycles. The van der Waals surface area contributed by atoms with E-state index in [4.69, 9.17) is 19.9 Å². The molecule has 1 aliphatic rings. The fraction of sp³-hybridized carbons (Fsp3) is 0.0508. The molecule has 0 fully saturated rings. The largest absolute Gasteiger partial charge is 0.252 e. The van der Waals surface area contributed by atoms with Gasteiger partial charge in [0.15, 0.2) is 0 Å². The lowest BCUT2D eigenvalue weighted by Crippen LogP contribution is -2.15. The second-order valence-electron chi connectivity index (χ2n) is 17.4. The van der Waals surface area contributed by atoms with Crippen LogP contribution in [0.15, 0.2) is 195 Å². The van der Waals surface area contributed by atoms with Crippen molar-refractivity contribution in [1.82, 2.24) is 19.9 Å². The van der Waals surface area contributed by atoms with Crippen molar-refractivity contribution in [2.75, 3.05) is 0 Å². The van der Waals surface area contributed by atoms with Gasteiger partial charge in [0, 0.05) is 51.7 Å².